The van der Waals surface area contributed by atoms with Gasteiger partial charge in [-0.1, -0.05) is 20.3 Å². The molecule has 0 heterocycles. The minimum atomic E-state index is -0.721. The summed E-state index contributed by atoms with van der Waals surface area (Å²) in [6.45, 7) is 5.33. The Morgan fingerprint density at radius 2 is 1.78 bits per heavy atom. The van der Waals surface area contributed by atoms with Crippen molar-refractivity contribution in [2.75, 3.05) is 6.54 Å². The lowest BCUT2D eigenvalue weighted by Crippen LogP contribution is -2.60. The molecule has 0 rings (SSSR count). The summed E-state index contributed by atoms with van der Waals surface area (Å²) < 4.78 is 0. The summed E-state index contributed by atoms with van der Waals surface area (Å²) in [5.41, 5.74) is 8.65. The third-order valence-corrected chi connectivity index (χ3v) is 2.82. The number of carbonyl (C=O) groups is 3. The van der Waals surface area contributed by atoms with Crippen LogP contribution in [0.3, 0.4) is 0 Å². The van der Waals surface area contributed by atoms with Crippen LogP contribution in [-0.4, -0.2) is 36.3 Å². The van der Waals surface area contributed by atoms with E-state index < -0.39 is 23.9 Å². The molecule has 0 aliphatic carbocycles. The molecule has 3 atom stereocenters. The van der Waals surface area contributed by atoms with E-state index in [0.717, 1.165) is 0 Å². The highest BCUT2D eigenvalue weighted by molar-refractivity contribution is 5.91. The fourth-order valence-corrected chi connectivity index (χ4v) is 1.39. The van der Waals surface area contributed by atoms with Crippen LogP contribution in [0.1, 0.15) is 27.2 Å². The topological polar surface area (TPSA) is 129 Å². The second-order valence-electron chi connectivity index (χ2n) is 4.31. The van der Waals surface area contributed by atoms with Gasteiger partial charge in [-0.3, -0.25) is 14.4 Å². The second-order valence-corrected chi connectivity index (χ2v) is 4.31. The van der Waals surface area contributed by atoms with Crippen LogP contribution in [0.4, 0.5) is 0 Å². The lowest BCUT2D eigenvalue weighted by atomic mass is 9.98. The minimum Gasteiger partial charge on any atom is -0.368 e. The van der Waals surface area contributed by atoms with Gasteiger partial charge in [-0.15, -0.1) is 0 Å². The third kappa shape index (κ3) is 5.13. The summed E-state index contributed by atoms with van der Waals surface area (Å²) in [5, 5.41) is 5.01. The molecule has 0 aliphatic rings. The molecule has 0 aromatic rings. The van der Waals surface area contributed by atoms with Gasteiger partial charge in [-0.25, -0.2) is 0 Å². The molecule has 3 amide bonds. The molecule has 0 aliphatic heterocycles. The zero-order valence-electron chi connectivity index (χ0n) is 11.2. The second kappa shape index (κ2) is 7.65. The van der Waals surface area contributed by atoms with Crippen molar-refractivity contribution in [1.82, 2.24) is 10.6 Å². The van der Waals surface area contributed by atoms with Gasteiger partial charge in [0, 0.05) is 0 Å². The SMILES string of the molecule is CC[C@@H](C)[C@@H](NC(=O)[C@@H](C)NC(=O)C[NH3+])C(N)=O. The maximum Gasteiger partial charge on any atom is 0.275 e. The molecule has 104 valence electrons. The monoisotopic (exact) mass is 259 g/mol. The Hall–Kier alpha value is -1.63. The van der Waals surface area contributed by atoms with Gasteiger partial charge in [0.25, 0.3) is 5.91 Å². The summed E-state index contributed by atoms with van der Waals surface area (Å²) in [6, 6.07) is -1.44. The van der Waals surface area contributed by atoms with E-state index in [2.05, 4.69) is 16.4 Å². The number of quaternary nitrogens is 1. The van der Waals surface area contributed by atoms with Crippen LogP contribution in [-0.2, 0) is 14.4 Å². The standard InChI is InChI=1S/C11H22N4O3/c1-4-6(2)9(10(13)17)15-11(18)7(3)14-8(16)5-12/h6-7,9H,4-5,12H2,1-3H3,(H2,13,17)(H,14,16)(H,15,18)/p+1/t6-,7-,9-/m1/s1. The number of hydrogen-bond acceptors (Lipinski definition) is 3. The van der Waals surface area contributed by atoms with Crippen LogP contribution < -0.4 is 22.1 Å². The Morgan fingerprint density at radius 1 is 1.22 bits per heavy atom. The molecule has 0 radical (unpaired) electrons. The quantitative estimate of drug-likeness (QED) is 0.412. The molecular weight excluding hydrogens is 236 g/mol. The number of hydrogen-bond donors (Lipinski definition) is 4. The lowest BCUT2D eigenvalue weighted by Gasteiger charge is -2.23. The van der Waals surface area contributed by atoms with Crippen molar-refractivity contribution in [3.8, 4) is 0 Å². The van der Waals surface area contributed by atoms with Crippen LogP contribution in [0.5, 0.6) is 0 Å². The van der Waals surface area contributed by atoms with Crippen LogP contribution in [0.15, 0.2) is 0 Å². The first kappa shape index (κ1) is 16.4. The number of carbonyl (C=O) groups excluding carboxylic acids is 3. The predicted molar refractivity (Wildman–Crippen MR) is 65.9 cm³/mol. The van der Waals surface area contributed by atoms with Gasteiger partial charge >= 0.3 is 0 Å². The maximum atomic E-state index is 11.8. The van der Waals surface area contributed by atoms with Crippen molar-refractivity contribution in [1.29, 1.82) is 0 Å². The first-order valence-electron chi connectivity index (χ1n) is 6.01. The lowest BCUT2D eigenvalue weighted by molar-refractivity contribution is -0.355. The normalized spacial score (nSPS) is 15.3. The van der Waals surface area contributed by atoms with Crippen molar-refractivity contribution < 1.29 is 20.1 Å². The molecule has 0 aromatic carbocycles. The van der Waals surface area contributed by atoms with Crippen molar-refractivity contribution in [2.45, 2.75) is 39.3 Å². The summed E-state index contributed by atoms with van der Waals surface area (Å²) in [6.07, 6.45) is 0.716. The molecule has 0 saturated heterocycles. The molecule has 0 unspecified atom stereocenters. The van der Waals surface area contributed by atoms with Gasteiger partial charge in [-0.2, -0.15) is 0 Å². The fraction of sp³-hybridized carbons (Fsp3) is 0.727. The highest BCUT2D eigenvalue weighted by Crippen LogP contribution is 2.07. The Kier molecular flexibility index (Phi) is 6.96. The Morgan fingerprint density at radius 3 is 2.17 bits per heavy atom. The van der Waals surface area contributed by atoms with Crippen LogP contribution >= 0.6 is 0 Å². The summed E-state index contributed by atoms with van der Waals surface area (Å²) in [5.74, 6) is -1.38. The molecule has 7 N–H and O–H groups in total. The van der Waals surface area contributed by atoms with Crippen molar-refractivity contribution in [3.05, 3.63) is 0 Å². The molecule has 0 aromatic heterocycles. The molecule has 0 fully saturated rings. The molecule has 0 bridgehead atoms. The van der Waals surface area contributed by atoms with E-state index in [4.69, 9.17) is 5.73 Å². The van der Waals surface area contributed by atoms with Gasteiger partial charge in [0.2, 0.25) is 11.8 Å². The highest BCUT2D eigenvalue weighted by atomic mass is 16.2. The zero-order chi connectivity index (χ0) is 14.3. The van der Waals surface area contributed by atoms with E-state index >= 15 is 0 Å². The molecule has 0 saturated carbocycles. The van der Waals surface area contributed by atoms with Gasteiger partial charge in [0.15, 0.2) is 6.54 Å². The van der Waals surface area contributed by atoms with E-state index in [1.807, 2.05) is 13.8 Å². The number of nitrogens with two attached hydrogens (primary N) is 1. The van der Waals surface area contributed by atoms with Crippen LogP contribution in [0.2, 0.25) is 0 Å². The van der Waals surface area contributed by atoms with E-state index in [1.54, 1.807) is 0 Å². The minimum absolute atomic E-state index is 0.0535. The zero-order valence-corrected chi connectivity index (χ0v) is 11.2. The maximum absolute atomic E-state index is 11.8. The van der Waals surface area contributed by atoms with Gasteiger partial charge in [0.1, 0.15) is 12.1 Å². The fourth-order valence-electron chi connectivity index (χ4n) is 1.39. The van der Waals surface area contributed by atoms with Crippen molar-refractivity contribution in [3.63, 3.8) is 0 Å². The molecule has 7 heteroatoms. The molecule has 0 spiro atoms. The first-order chi connectivity index (χ1) is 8.33. The average Bonchev–Trinajstić information content (AvgIpc) is 2.33. The molecular formula is C11H23N4O3+. The van der Waals surface area contributed by atoms with Gasteiger partial charge < -0.3 is 22.1 Å². The van der Waals surface area contributed by atoms with E-state index in [0.29, 0.717) is 6.42 Å². The third-order valence-electron chi connectivity index (χ3n) is 2.82. The van der Waals surface area contributed by atoms with E-state index in [-0.39, 0.29) is 18.4 Å². The Labute approximate surface area is 107 Å². The first-order valence-corrected chi connectivity index (χ1v) is 6.01. The highest BCUT2D eigenvalue weighted by Gasteiger charge is 2.26. The predicted octanol–water partition coefficient (Wildman–Crippen LogP) is -2.25. The van der Waals surface area contributed by atoms with Crippen molar-refractivity contribution >= 4 is 17.7 Å². The van der Waals surface area contributed by atoms with Crippen LogP contribution in [0.25, 0.3) is 0 Å². The number of primary amides is 1. The van der Waals surface area contributed by atoms with E-state index in [1.165, 1.54) is 6.92 Å². The van der Waals surface area contributed by atoms with Gasteiger partial charge in [0.05, 0.1) is 0 Å². The Bertz CT molecular complexity index is 319. The molecule has 18 heavy (non-hydrogen) atoms. The Balaban J connectivity index is 4.50. The van der Waals surface area contributed by atoms with Crippen molar-refractivity contribution in [2.24, 2.45) is 11.7 Å². The number of rotatable bonds is 7. The van der Waals surface area contributed by atoms with E-state index in [9.17, 15) is 14.4 Å². The number of nitrogens with one attached hydrogen (secondary N) is 2. The molecule has 7 nitrogen and oxygen atoms in total. The summed E-state index contributed by atoms with van der Waals surface area (Å²) in [4.78, 5) is 34.1. The smallest absolute Gasteiger partial charge is 0.275 e. The summed E-state index contributed by atoms with van der Waals surface area (Å²) >= 11 is 0. The van der Waals surface area contributed by atoms with Crippen LogP contribution in [0, 0.1) is 5.92 Å². The largest absolute Gasteiger partial charge is 0.368 e. The number of amides is 3. The summed E-state index contributed by atoms with van der Waals surface area (Å²) in [7, 11) is 0. The van der Waals surface area contributed by atoms with Gasteiger partial charge in [-0.05, 0) is 12.8 Å². The average molecular weight is 259 g/mol.